The van der Waals surface area contributed by atoms with Crippen LogP contribution >= 0.6 is 0 Å². The number of unbranched alkanes of at least 4 members (excludes halogenated alkanes) is 5. The van der Waals surface area contributed by atoms with Crippen molar-refractivity contribution < 1.29 is 0 Å². The molecule has 1 aromatic rings. The molecule has 1 aromatic heterocycles. The Morgan fingerprint density at radius 1 is 1.06 bits per heavy atom. The fourth-order valence-corrected chi connectivity index (χ4v) is 2.11. The van der Waals surface area contributed by atoms with E-state index < -0.39 is 0 Å². The highest BCUT2D eigenvalue weighted by Gasteiger charge is 2.03. The molecule has 0 aromatic carbocycles. The zero-order valence-electron chi connectivity index (χ0n) is 11.1. The molecular weight excluding hydrogens is 208 g/mol. The first-order valence-electron chi connectivity index (χ1n) is 6.97. The van der Waals surface area contributed by atoms with Gasteiger partial charge in [-0.2, -0.15) is 0 Å². The molecule has 2 heteroatoms. The van der Waals surface area contributed by atoms with Gasteiger partial charge >= 0.3 is 0 Å². The van der Waals surface area contributed by atoms with Gasteiger partial charge in [-0.15, -0.1) is 0 Å². The zero-order valence-corrected chi connectivity index (χ0v) is 11.1. The lowest BCUT2D eigenvalue weighted by molar-refractivity contribution is 0.532. The number of rotatable bonds is 9. The molecule has 1 heterocycles. The van der Waals surface area contributed by atoms with E-state index in [1.807, 2.05) is 12.4 Å². The van der Waals surface area contributed by atoms with Crippen molar-refractivity contribution in [2.45, 2.75) is 64.3 Å². The number of hydrogen-bond donors (Lipinski definition) is 1. The van der Waals surface area contributed by atoms with E-state index in [2.05, 4.69) is 24.0 Å². The van der Waals surface area contributed by atoms with Crippen molar-refractivity contribution in [3.05, 3.63) is 30.1 Å². The van der Waals surface area contributed by atoms with Crippen LogP contribution in [0.2, 0.25) is 0 Å². The van der Waals surface area contributed by atoms with Crippen LogP contribution in [0.5, 0.6) is 0 Å². The van der Waals surface area contributed by atoms with E-state index in [0.29, 0.717) is 6.04 Å². The van der Waals surface area contributed by atoms with Gasteiger partial charge in [0.1, 0.15) is 0 Å². The Kier molecular flexibility index (Phi) is 7.65. The highest BCUT2D eigenvalue weighted by atomic mass is 14.6. The Bertz CT molecular complexity index is 272. The Balaban J connectivity index is 2.03. The minimum atomic E-state index is 0.309. The lowest BCUT2D eigenvalue weighted by Crippen LogP contribution is -2.22. The fourth-order valence-electron chi connectivity index (χ4n) is 2.11. The summed E-state index contributed by atoms with van der Waals surface area (Å²) in [5, 5.41) is 0. The second-order valence-electron chi connectivity index (χ2n) is 4.88. The molecule has 1 rings (SSSR count). The molecule has 96 valence electrons. The molecule has 0 aliphatic rings. The fraction of sp³-hybridized carbons (Fsp3) is 0.667. The molecule has 0 fully saturated rings. The molecule has 17 heavy (non-hydrogen) atoms. The second kappa shape index (κ2) is 9.17. The van der Waals surface area contributed by atoms with Crippen molar-refractivity contribution in [3.63, 3.8) is 0 Å². The molecule has 0 spiro atoms. The summed E-state index contributed by atoms with van der Waals surface area (Å²) in [5.74, 6) is 0. The number of nitrogens with two attached hydrogens (primary N) is 1. The highest BCUT2D eigenvalue weighted by molar-refractivity contribution is 5.10. The summed E-state index contributed by atoms with van der Waals surface area (Å²) < 4.78 is 0. The molecule has 0 amide bonds. The van der Waals surface area contributed by atoms with Crippen LogP contribution in [0, 0.1) is 0 Å². The van der Waals surface area contributed by atoms with Crippen LogP contribution in [0.15, 0.2) is 24.5 Å². The second-order valence-corrected chi connectivity index (χ2v) is 4.88. The maximum atomic E-state index is 6.13. The van der Waals surface area contributed by atoms with Gasteiger partial charge in [0.15, 0.2) is 0 Å². The van der Waals surface area contributed by atoms with Gasteiger partial charge in [-0.1, -0.05) is 45.4 Å². The average Bonchev–Trinajstić information content (AvgIpc) is 2.35. The van der Waals surface area contributed by atoms with Gasteiger partial charge in [-0.3, -0.25) is 4.98 Å². The first-order chi connectivity index (χ1) is 8.33. The molecule has 0 aliphatic heterocycles. The summed E-state index contributed by atoms with van der Waals surface area (Å²) in [5.41, 5.74) is 7.43. The number of pyridine rings is 1. The van der Waals surface area contributed by atoms with Gasteiger partial charge in [0.2, 0.25) is 0 Å². The third-order valence-electron chi connectivity index (χ3n) is 3.18. The maximum absolute atomic E-state index is 6.13. The molecule has 2 N–H and O–H groups in total. The number of hydrogen-bond acceptors (Lipinski definition) is 2. The van der Waals surface area contributed by atoms with Crippen molar-refractivity contribution in [2.24, 2.45) is 5.73 Å². The van der Waals surface area contributed by atoms with Gasteiger partial charge in [0.25, 0.3) is 0 Å². The molecule has 0 aliphatic carbocycles. The minimum absolute atomic E-state index is 0.309. The highest BCUT2D eigenvalue weighted by Crippen LogP contribution is 2.10. The third kappa shape index (κ3) is 7.11. The molecule has 1 unspecified atom stereocenters. The number of nitrogens with zero attached hydrogens (tertiary/aromatic N) is 1. The van der Waals surface area contributed by atoms with Gasteiger partial charge < -0.3 is 5.73 Å². The van der Waals surface area contributed by atoms with E-state index in [9.17, 15) is 0 Å². The summed E-state index contributed by atoms with van der Waals surface area (Å²) in [6.07, 6.45) is 13.9. The maximum Gasteiger partial charge on any atom is 0.0270 e. The summed E-state index contributed by atoms with van der Waals surface area (Å²) in [4.78, 5) is 4.02. The van der Waals surface area contributed by atoms with Crippen molar-refractivity contribution in [2.75, 3.05) is 0 Å². The lowest BCUT2D eigenvalue weighted by atomic mass is 10.0. The first kappa shape index (κ1) is 14.2. The first-order valence-corrected chi connectivity index (χ1v) is 6.97. The topological polar surface area (TPSA) is 38.9 Å². The summed E-state index contributed by atoms with van der Waals surface area (Å²) >= 11 is 0. The minimum Gasteiger partial charge on any atom is -0.327 e. The van der Waals surface area contributed by atoms with Crippen LogP contribution < -0.4 is 5.73 Å². The molecule has 0 saturated carbocycles. The predicted octanol–water partition coefficient (Wildman–Crippen LogP) is 3.70. The summed E-state index contributed by atoms with van der Waals surface area (Å²) in [6, 6.07) is 4.42. The van der Waals surface area contributed by atoms with E-state index in [-0.39, 0.29) is 0 Å². The largest absolute Gasteiger partial charge is 0.327 e. The standard InChI is InChI=1S/C15H26N2/c1-2-3-4-5-6-7-8-15(16)13-14-9-11-17-12-10-14/h9-12,15H,2-8,13,16H2,1H3. The monoisotopic (exact) mass is 234 g/mol. The van der Waals surface area contributed by atoms with E-state index in [4.69, 9.17) is 5.73 Å². The van der Waals surface area contributed by atoms with Gasteiger partial charge in [-0.05, 0) is 30.5 Å². The van der Waals surface area contributed by atoms with E-state index in [1.54, 1.807) is 0 Å². The van der Waals surface area contributed by atoms with E-state index in [0.717, 1.165) is 12.8 Å². The van der Waals surface area contributed by atoms with Crippen LogP contribution in [-0.2, 0) is 6.42 Å². The molecule has 0 saturated heterocycles. The molecular formula is C15H26N2. The van der Waals surface area contributed by atoms with Gasteiger partial charge in [0, 0.05) is 18.4 Å². The SMILES string of the molecule is CCCCCCCCC(N)Cc1ccncc1. The average molecular weight is 234 g/mol. The molecule has 0 radical (unpaired) electrons. The normalized spacial score (nSPS) is 12.6. The molecule has 1 atom stereocenters. The van der Waals surface area contributed by atoms with Crippen molar-refractivity contribution >= 4 is 0 Å². The van der Waals surface area contributed by atoms with E-state index >= 15 is 0 Å². The van der Waals surface area contributed by atoms with Gasteiger partial charge in [0.05, 0.1) is 0 Å². The Labute approximate surface area is 106 Å². The van der Waals surface area contributed by atoms with Crippen LogP contribution in [0.1, 0.15) is 57.4 Å². The van der Waals surface area contributed by atoms with Gasteiger partial charge in [-0.25, -0.2) is 0 Å². The molecule has 0 bridgehead atoms. The Hall–Kier alpha value is -0.890. The summed E-state index contributed by atoms with van der Waals surface area (Å²) in [6.45, 7) is 2.25. The van der Waals surface area contributed by atoms with Crippen molar-refractivity contribution in [1.82, 2.24) is 4.98 Å². The molecule has 2 nitrogen and oxygen atoms in total. The van der Waals surface area contributed by atoms with Crippen LogP contribution in [0.3, 0.4) is 0 Å². The summed E-state index contributed by atoms with van der Waals surface area (Å²) in [7, 11) is 0. The quantitative estimate of drug-likeness (QED) is 0.662. The Morgan fingerprint density at radius 2 is 1.71 bits per heavy atom. The zero-order chi connectivity index (χ0) is 12.3. The van der Waals surface area contributed by atoms with E-state index in [1.165, 1.54) is 44.1 Å². The van der Waals surface area contributed by atoms with Crippen molar-refractivity contribution in [1.29, 1.82) is 0 Å². The van der Waals surface area contributed by atoms with Crippen LogP contribution in [0.4, 0.5) is 0 Å². The van der Waals surface area contributed by atoms with Crippen molar-refractivity contribution in [3.8, 4) is 0 Å². The lowest BCUT2D eigenvalue weighted by Gasteiger charge is -2.11. The third-order valence-corrected chi connectivity index (χ3v) is 3.18. The Morgan fingerprint density at radius 3 is 2.41 bits per heavy atom. The smallest absolute Gasteiger partial charge is 0.0270 e. The number of aromatic nitrogens is 1. The predicted molar refractivity (Wildman–Crippen MR) is 73.9 cm³/mol. The van der Waals surface area contributed by atoms with Crippen LogP contribution in [-0.4, -0.2) is 11.0 Å². The van der Waals surface area contributed by atoms with Crippen LogP contribution in [0.25, 0.3) is 0 Å².